The van der Waals surface area contributed by atoms with Crippen molar-refractivity contribution in [3.63, 3.8) is 0 Å². The fraction of sp³-hybridized carbons (Fsp3) is 0.375. The topological polar surface area (TPSA) is 39.2 Å². The van der Waals surface area contributed by atoms with Crippen molar-refractivity contribution in [2.75, 3.05) is 0 Å². The van der Waals surface area contributed by atoms with Crippen LogP contribution >= 0.6 is 11.3 Å². The Kier molecular flexibility index (Phi) is 2.94. The summed E-state index contributed by atoms with van der Waals surface area (Å²) < 4.78 is 6.07. The zero-order chi connectivity index (χ0) is 14.5. The Bertz CT molecular complexity index is 700. The molecular weight excluding hydrogens is 270 g/mol. The van der Waals surface area contributed by atoms with Crippen LogP contribution < -0.4 is 4.74 Å². The standard InChI is InChI=1S/C16H17NO2S/c1-9-14(10(2)18)20-15(17-9)12-7-5-6-11-8-16(3,4)19-13(11)12/h5-7H,8H2,1-4H3. The van der Waals surface area contributed by atoms with E-state index in [2.05, 4.69) is 24.9 Å². The molecular formula is C16H17NO2S. The largest absolute Gasteiger partial charge is 0.486 e. The van der Waals surface area contributed by atoms with Crippen molar-refractivity contribution in [3.05, 3.63) is 34.3 Å². The number of fused-ring (bicyclic) bond motifs is 1. The Morgan fingerprint density at radius 3 is 2.80 bits per heavy atom. The molecule has 0 fully saturated rings. The highest BCUT2D eigenvalue weighted by atomic mass is 32.1. The van der Waals surface area contributed by atoms with Crippen LogP contribution in [0.1, 0.15) is 41.7 Å². The Labute approximate surface area is 122 Å². The number of hydrogen-bond donors (Lipinski definition) is 0. The van der Waals surface area contributed by atoms with Gasteiger partial charge in [0.05, 0.1) is 16.1 Å². The summed E-state index contributed by atoms with van der Waals surface area (Å²) in [6.07, 6.45) is 0.903. The van der Waals surface area contributed by atoms with Crippen LogP contribution in [0.4, 0.5) is 0 Å². The molecule has 2 aromatic rings. The molecule has 0 amide bonds. The fourth-order valence-electron chi connectivity index (χ4n) is 2.62. The van der Waals surface area contributed by atoms with E-state index in [0.29, 0.717) is 0 Å². The molecule has 1 aromatic carbocycles. The van der Waals surface area contributed by atoms with Crippen molar-refractivity contribution in [1.82, 2.24) is 4.98 Å². The van der Waals surface area contributed by atoms with Gasteiger partial charge in [-0.15, -0.1) is 11.3 Å². The number of ether oxygens (including phenoxy) is 1. The predicted octanol–water partition coefficient (Wildman–Crippen LogP) is 4.03. The van der Waals surface area contributed by atoms with Gasteiger partial charge in [0.25, 0.3) is 0 Å². The second-order valence-electron chi connectivity index (χ2n) is 5.82. The summed E-state index contributed by atoms with van der Waals surface area (Å²) in [4.78, 5) is 16.9. The van der Waals surface area contributed by atoms with Crippen molar-refractivity contribution in [2.45, 2.75) is 39.7 Å². The Morgan fingerprint density at radius 2 is 2.15 bits per heavy atom. The van der Waals surface area contributed by atoms with Crippen LogP contribution in [0.15, 0.2) is 18.2 Å². The second kappa shape index (κ2) is 4.42. The monoisotopic (exact) mass is 287 g/mol. The van der Waals surface area contributed by atoms with E-state index in [1.165, 1.54) is 16.9 Å². The second-order valence-corrected chi connectivity index (χ2v) is 6.82. The first kappa shape index (κ1) is 13.3. The number of para-hydroxylation sites is 1. The summed E-state index contributed by atoms with van der Waals surface area (Å²) in [5, 5.41) is 0.863. The van der Waals surface area contributed by atoms with E-state index in [0.717, 1.165) is 33.3 Å². The number of Topliss-reactive ketones (excluding diaryl/α,β-unsaturated/α-hetero) is 1. The molecule has 0 spiro atoms. The summed E-state index contributed by atoms with van der Waals surface area (Å²) in [5.41, 5.74) is 2.83. The summed E-state index contributed by atoms with van der Waals surface area (Å²) in [6.45, 7) is 7.64. The van der Waals surface area contributed by atoms with Gasteiger partial charge in [-0.3, -0.25) is 4.79 Å². The van der Waals surface area contributed by atoms with E-state index < -0.39 is 0 Å². The molecule has 1 aliphatic rings. The molecule has 1 aromatic heterocycles. The molecule has 0 radical (unpaired) electrons. The van der Waals surface area contributed by atoms with Gasteiger partial charge in [-0.2, -0.15) is 0 Å². The molecule has 0 saturated carbocycles. The third-order valence-electron chi connectivity index (χ3n) is 3.44. The molecule has 104 valence electrons. The van der Waals surface area contributed by atoms with Crippen LogP contribution in [0.5, 0.6) is 5.75 Å². The molecule has 0 unspecified atom stereocenters. The van der Waals surface area contributed by atoms with Crippen molar-refractivity contribution in [2.24, 2.45) is 0 Å². The lowest BCUT2D eigenvalue weighted by atomic mass is 10.0. The maximum Gasteiger partial charge on any atom is 0.171 e. The van der Waals surface area contributed by atoms with Gasteiger partial charge in [0.1, 0.15) is 16.4 Å². The number of aromatic nitrogens is 1. The molecule has 3 rings (SSSR count). The number of thiazole rings is 1. The third kappa shape index (κ3) is 2.14. The molecule has 0 N–H and O–H groups in total. The van der Waals surface area contributed by atoms with E-state index in [1.54, 1.807) is 6.92 Å². The third-order valence-corrected chi connectivity index (χ3v) is 4.73. The van der Waals surface area contributed by atoms with Gasteiger partial charge in [0.2, 0.25) is 0 Å². The van der Waals surface area contributed by atoms with Crippen LogP contribution in [0.25, 0.3) is 10.6 Å². The van der Waals surface area contributed by atoms with Crippen molar-refractivity contribution < 1.29 is 9.53 Å². The van der Waals surface area contributed by atoms with E-state index in [9.17, 15) is 4.79 Å². The van der Waals surface area contributed by atoms with E-state index in [-0.39, 0.29) is 11.4 Å². The number of carbonyl (C=O) groups excluding carboxylic acids is 1. The maximum absolute atomic E-state index is 11.6. The Balaban J connectivity index is 2.11. The van der Waals surface area contributed by atoms with Gasteiger partial charge in [0, 0.05) is 13.3 Å². The van der Waals surface area contributed by atoms with Crippen molar-refractivity contribution in [1.29, 1.82) is 0 Å². The molecule has 4 heteroatoms. The SMILES string of the molecule is CC(=O)c1sc(-c2cccc3c2OC(C)(C)C3)nc1C. The van der Waals surface area contributed by atoms with E-state index in [4.69, 9.17) is 4.74 Å². The summed E-state index contributed by atoms with van der Waals surface area (Å²) in [6, 6.07) is 6.14. The zero-order valence-electron chi connectivity index (χ0n) is 12.1. The summed E-state index contributed by atoms with van der Waals surface area (Å²) in [5.74, 6) is 0.987. The number of rotatable bonds is 2. The quantitative estimate of drug-likeness (QED) is 0.783. The Morgan fingerprint density at radius 1 is 1.40 bits per heavy atom. The number of nitrogens with zero attached hydrogens (tertiary/aromatic N) is 1. The molecule has 0 saturated heterocycles. The van der Waals surface area contributed by atoms with Gasteiger partial charge in [-0.25, -0.2) is 4.98 Å². The van der Waals surface area contributed by atoms with Crippen LogP contribution in [-0.4, -0.2) is 16.4 Å². The van der Waals surface area contributed by atoms with Gasteiger partial charge >= 0.3 is 0 Å². The molecule has 3 nitrogen and oxygen atoms in total. The smallest absolute Gasteiger partial charge is 0.171 e. The van der Waals surface area contributed by atoms with Gasteiger partial charge in [-0.05, 0) is 32.4 Å². The van der Waals surface area contributed by atoms with E-state index in [1.807, 2.05) is 19.1 Å². The Hall–Kier alpha value is -1.68. The van der Waals surface area contributed by atoms with Crippen LogP contribution in [0.2, 0.25) is 0 Å². The number of benzene rings is 1. The number of hydrogen-bond acceptors (Lipinski definition) is 4. The summed E-state index contributed by atoms with van der Waals surface area (Å²) in [7, 11) is 0. The first-order chi connectivity index (χ1) is 9.37. The lowest BCUT2D eigenvalue weighted by Gasteiger charge is -2.17. The summed E-state index contributed by atoms with van der Waals surface area (Å²) >= 11 is 1.45. The van der Waals surface area contributed by atoms with Crippen molar-refractivity contribution >= 4 is 17.1 Å². The zero-order valence-corrected chi connectivity index (χ0v) is 12.9. The minimum atomic E-state index is -0.172. The molecule has 0 aliphatic carbocycles. The lowest BCUT2D eigenvalue weighted by Crippen LogP contribution is -2.24. The van der Waals surface area contributed by atoms with Gasteiger partial charge in [-0.1, -0.05) is 12.1 Å². The first-order valence-corrected chi connectivity index (χ1v) is 7.49. The first-order valence-electron chi connectivity index (χ1n) is 6.67. The average molecular weight is 287 g/mol. The van der Waals surface area contributed by atoms with Crippen LogP contribution in [0, 0.1) is 6.92 Å². The molecule has 2 heterocycles. The highest BCUT2D eigenvalue weighted by molar-refractivity contribution is 7.17. The highest BCUT2D eigenvalue weighted by Gasteiger charge is 2.32. The van der Waals surface area contributed by atoms with Crippen LogP contribution in [0.3, 0.4) is 0 Å². The van der Waals surface area contributed by atoms with Crippen LogP contribution in [-0.2, 0) is 6.42 Å². The molecule has 0 atom stereocenters. The van der Waals surface area contributed by atoms with E-state index >= 15 is 0 Å². The molecule has 20 heavy (non-hydrogen) atoms. The normalized spacial score (nSPS) is 15.8. The lowest BCUT2D eigenvalue weighted by molar-refractivity contribution is 0.102. The van der Waals surface area contributed by atoms with Crippen molar-refractivity contribution in [3.8, 4) is 16.3 Å². The maximum atomic E-state index is 11.6. The minimum absolute atomic E-state index is 0.0695. The number of aryl methyl sites for hydroxylation is 1. The predicted molar refractivity (Wildman–Crippen MR) is 80.7 cm³/mol. The van der Waals surface area contributed by atoms with Gasteiger partial charge in [0.15, 0.2) is 5.78 Å². The fourth-order valence-corrected chi connectivity index (χ4v) is 3.61. The van der Waals surface area contributed by atoms with Gasteiger partial charge < -0.3 is 4.74 Å². The molecule has 1 aliphatic heterocycles. The minimum Gasteiger partial charge on any atom is -0.486 e. The average Bonchev–Trinajstić information content (AvgIpc) is 2.86. The highest BCUT2D eigenvalue weighted by Crippen LogP contribution is 2.43. The number of carbonyl (C=O) groups is 1. The molecule has 0 bridgehead atoms. The number of ketones is 1.